The third-order valence-corrected chi connectivity index (χ3v) is 3.95. The standard InChI is InChI=1S/C20H22N6O/c1-15(27)23-17-3-5-18(6-4-17)24-19-9-13-22-20(25-19)26(2)14-10-16-7-11-21-12-8-16/h3-9,11-13H,10,14H2,1-2H3,(H,23,27)(H,22,24,25). The molecule has 7 nitrogen and oxygen atoms in total. The third-order valence-electron chi connectivity index (χ3n) is 3.95. The number of likely N-dealkylation sites (N-methyl/N-ethyl adjacent to an activating group) is 1. The molecule has 1 aromatic carbocycles. The molecule has 27 heavy (non-hydrogen) atoms. The summed E-state index contributed by atoms with van der Waals surface area (Å²) in [6.07, 6.45) is 6.23. The number of carbonyl (C=O) groups is 1. The predicted octanol–water partition coefficient (Wildman–Crippen LogP) is 3.25. The molecule has 0 saturated carbocycles. The fourth-order valence-corrected chi connectivity index (χ4v) is 2.54. The highest BCUT2D eigenvalue weighted by Gasteiger charge is 2.06. The summed E-state index contributed by atoms with van der Waals surface area (Å²) in [5, 5.41) is 6.00. The van der Waals surface area contributed by atoms with Crippen LogP contribution in [0.25, 0.3) is 0 Å². The zero-order valence-corrected chi connectivity index (χ0v) is 15.4. The van der Waals surface area contributed by atoms with Gasteiger partial charge < -0.3 is 15.5 Å². The van der Waals surface area contributed by atoms with E-state index in [4.69, 9.17) is 0 Å². The molecule has 0 aliphatic rings. The van der Waals surface area contributed by atoms with E-state index in [1.807, 2.05) is 54.4 Å². The van der Waals surface area contributed by atoms with Crippen molar-refractivity contribution in [3.8, 4) is 0 Å². The van der Waals surface area contributed by atoms with Crippen molar-refractivity contribution in [2.75, 3.05) is 29.1 Å². The van der Waals surface area contributed by atoms with E-state index in [2.05, 4.69) is 25.6 Å². The molecular formula is C20H22N6O. The molecule has 0 spiro atoms. The summed E-state index contributed by atoms with van der Waals surface area (Å²) in [6, 6.07) is 13.3. The van der Waals surface area contributed by atoms with Crippen LogP contribution in [0.5, 0.6) is 0 Å². The van der Waals surface area contributed by atoms with Crippen molar-refractivity contribution in [2.45, 2.75) is 13.3 Å². The first-order valence-electron chi connectivity index (χ1n) is 8.68. The topological polar surface area (TPSA) is 83.0 Å². The Morgan fingerprint density at radius 1 is 1.00 bits per heavy atom. The van der Waals surface area contributed by atoms with Crippen molar-refractivity contribution in [1.82, 2.24) is 15.0 Å². The van der Waals surface area contributed by atoms with Gasteiger partial charge in [0.15, 0.2) is 0 Å². The average molecular weight is 362 g/mol. The van der Waals surface area contributed by atoms with E-state index in [1.54, 1.807) is 18.6 Å². The fourth-order valence-electron chi connectivity index (χ4n) is 2.54. The minimum absolute atomic E-state index is 0.0917. The van der Waals surface area contributed by atoms with Crippen molar-refractivity contribution in [3.05, 3.63) is 66.6 Å². The minimum atomic E-state index is -0.0917. The van der Waals surface area contributed by atoms with Crippen LogP contribution in [-0.2, 0) is 11.2 Å². The second kappa shape index (κ2) is 8.75. The summed E-state index contributed by atoms with van der Waals surface area (Å²) >= 11 is 0. The Bertz CT molecular complexity index is 882. The summed E-state index contributed by atoms with van der Waals surface area (Å²) in [4.78, 5) is 26.1. The number of benzene rings is 1. The van der Waals surface area contributed by atoms with Gasteiger partial charge in [-0.1, -0.05) is 0 Å². The van der Waals surface area contributed by atoms with Gasteiger partial charge in [0, 0.05) is 50.5 Å². The van der Waals surface area contributed by atoms with Crippen molar-refractivity contribution in [1.29, 1.82) is 0 Å². The number of rotatable bonds is 7. The van der Waals surface area contributed by atoms with E-state index in [-0.39, 0.29) is 5.91 Å². The smallest absolute Gasteiger partial charge is 0.227 e. The normalized spacial score (nSPS) is 10.3. The van der Waals surface area contributed by atoms with Gasteiger partial charge >= 0.3 is 0 Å². The van der Waals surface area contributed by atoms with Crippen LogP contribution in [0.4, 0.5) is 23.1 Å². The van der Waals surface area contributed by atoms with Crippen molar-refractivity contribution in [2.24, 2.45) is 0 Å². The summed E-state index contributed by atoms with van der Waals surface area (Å²) in [5.41, 5.74) is 2.87. The van der Waals surface area contributed by atoms with Crippen LogP contribution in [0.15, 0.2) is 61.1 Å². The van der Waals surface area contributed by atoms with Gasteiger partial charge in [-0.05, 0) is 54.4 Å². The molecule has 3 rings (SSSR count). The maximum absolute atomic E-state index is 11.1. The molecular weight excluding hydrogens is 340 g/mol. The van der Waals surface area contributed by atoms with Crippen molar-refractivity contribution in [3.63, 3.8) is 0 Å². The van der Waals surface area contributed by atoms with Gasteiger partial charge in [0.25, 0.3) is 0 Å². The first-order valence-corrected chi connectivity index (χ1v) is 8.68. The summed E-state index contributed by atoms with van der Waals surface area (Å²) in [6.45, 7) is 2.29. The lowest BCUT2D eigenvalue weighted by Crippen LogP contribution is -2.22. The Hall–Kier alpha value is -3.48. The van der Waals surface area contributed by atoms with E-state index < -0.39 is 0 Å². The molecule has 138 valence electrons. The molecule has 0 saturated heterocycles. The van der Waals surface area contributed by atoms with E-state index >= 15 is 0 Å². The van der Waals surface area contributed by atoms with Crippen molar-refractivity contribution >= 4 is 29.0 Å². The molecule has 2 N–H and O–H groups in total. The first-order chi connectivity index (χ1) is 13.1. The Balaban J connectivity index is 1.61. The molecule has 0 aliphatic carbocycles. The number of hydrogen-bond acceptors (Lipinski definition) is 6. The fraction of sp³-hybridized carbons (Fsp3) is 0.200. The van der Waals surface area contributed by atoms with Crippen LogP contribution in [0.1, 0.15) is 12.5 Å². The van der Waals surface area contributed by atoms with Gasteiger partial charge in [-0.15, -0.1) is 0 Å². The number of nitrogens with one attached hydrogen (secondary N) is 2. The predicted molar refractivity (Wildman–Crippen MR) is 107 cm³/mol. The molecule has 0 fully saturated rings. The van der Waals surface area contributed by atoms with E-state index in [0.29, 0.717) is 11.8 Å². The van der Waals surface area contributed by atoms with Gasteiger partial charge in [-0.2, -0.15) is 4.98 Å². The highest BCUT2D eigenvalue weighted by Crippen LogP contribution is 2.19. The summed E-state index contributed by atoms with van der Waals surface area (Å²) in [5.74, 6) is 1.28. The lowest BCUT2D eigenvalue weighted by molar-refractivity contribution is -0.114. The summed E-state index contributed by atoms with van der Waals surface area (Å²) in [7, 11) is 1.97. The molecule has 0 aliphatic heterocycles. The number of aromatic nitrogens is 3. The molecule has 0 atom stereocenters. The van der Waals surface area contributed by atoms with E-state index in [1.165, 1.54) is 12.5 Å². The highest BCUT2D eigenvalue weighted by atomic mass is 16.1. The number of pyridine rings is 1. The summed E-state index contributed by atoms with van der Waals surface area (Å²) < 4.78 is 0. The quantitative estimate of drug-likeness (QED) is 0.671. The average Bonchev–Trinajstić information content (AvgIpc) is 2.68. The lowest BCUT2D eigenvalue weighted by Gasteiger charge is -2.17. The third kappa shape index (κ3) is 5.50. The second-order valence-electron chi connectivity index (χ2n) is 6.15. The number of anilines is 4. The Morgan fingerprint density at radius 3 is 2.41 bits per heavy atom. The van der Waals surface area contributed by atoms with Crippen LogP contribution in [0.2, 0.25) is 0 Å². The molecule has 0 bridgehead atoms. The van der Waals surface area contributed by atoms with Crippen LogP contribution in [0, 0.1) is 0 Å². The molecule has 1 amide bonds. The zero-order valence-electron chi connectivity index (χ0n) is 15.4. The molecule has 3 aromatic rings. The first kappa shape index (κ1) is 18.3. The Kier molecular flexibility index (Phi) is 5.94. The van der Waals surface area contributed by atoms with Gasteiger partial charge in [-0.25, -0.2) is 4.98 Å². The Labute approximate surface area is 158 Å². The monoisotopic (exact) mass is 362 g/mol. The largest absolute Gasteiger partial charge is 0.343 e. The lowest BCUT2D eigenvalue weighted by atomic mass is 10.2. The molecule has 7 heteroatoms. The van der Waals surface area contributed by atoms with Crippen LogP contribution < -0.4 is 15.5 Å². The number of hydrogen-bond donors (Lipinski definition) is 2. The van der Waals surface area contributed by atoms with Crippen LogP contribution in [-0.4, -0.2) is 34.5 Å². The second-order valence-corrected chi connectivity index (χ2v) is 6.15. The molecule has 0 radical (unpaired) electrons. The maximum Gasteiger partial charge on any atom is 0.227 e. The van der Waals surface area contributed by atoms with Gasteiger partial charge in [0.05, 0.1) is 0 Å². The molecule has 0 unspecified atom stereocenters. The van der Waals surface area contributed by atoms with Crippen molar-refractivity contribution < 1.29 is 4.79 Å². The van der Waals surface area contributed by atoms with Gasteiger partial charge in [-0.3, -0.25) is 9.78 Å². The number of carbonyl (C=O) groups excluding carboxylic acids is 1. The number of nitrogens with zero attached hydrogens (tertiary/aromatic N) is 4. The van der Waals surface area contributed by atoms with Crippen LogP contribution in [0.3, 0.4) is 0 Å². The zero-order chi connectivity index (χ0) is 19.1. The number of amides is 1. The van der Waals surface area contributed by atoms with Gasteiger partial charge in [0.2, 0.25) is 11.9 Å². The van der Waals surface area contributed by atoms with E-state index in [0.717, 1.165) is 24.3 Å². The minimum Gasteiger partial charge on any atom is -0.343 e. The van der Waals surface area contributed by atoms with Crippen LogP contribution >= 0.6 is 0 Å². The maximum atomic E-state index is 11.1. The highest BCUT2D eigenvalue weighted by molar-refractivity contribution is 5.88. The molecule has 2 aromatic heterocycles. The van der Waals surface area contributed by atoms with Gasteiger partial charge in [0.1, 0.15) is 5.82 Å². The Morgan fingerprint density at radius 2 is 1.70 bits per heavy atom. The SMILES string of the molecule is CC(=O)Nc1ccc(Nc2ccnc(N(C)CCc3ccncc3)n2)cc1. The molecule has 2 heterocycles. The van der Waals surface area contributed by atoms with E-state index in [9.17, 15) is 4.79 Å².